The zero-order valence-electron chi connectivity index (χ0n) is 12.6. The zero-order valence-corrected chi connectivity index (χ0v) is 12.6. The van der Waals surface area contributed by atoms with Gasteiger partial charge in [-0.1, -0.05) is 30.3 Å². The van der Waals surface area contributed by atoms with Gasteiger partial charge in [-0.2, -0.15) is 0 Å². The Morgan fingerprint density at radius 2 is 2.19 bits per heavy atom. The molecule has 1 heterocycles. The van der Waals surface area contributed by atoms with Crippen LogP contribution in [0.15, 0.2) is 30.3 Å². The average molecular weight is 296 g/mol. The monoisotopic (exact) mass is 296 g/mol. The molecule has 1 aromatic rings. The largest absolute Gasteiger partial charge is 0.359 e. The van der Waals surface area contributed by atoms with E-state index in [-0.39, 0.29) is 18.8 Å². The number of methoxy groups -OCH3 is 1. The molecule has 2 rings (SSSR count). The van der Waals surface area contributed by atoms with Crippen LogP contribution < -0.4 is 5.32 Å². The third-order valence-electron chi connectivity index (χ3n) is 3.78. The van der Waals surface area contributed by atoms with E-state index in [1.165, 1.54) is 5.56 Å². The Morgan fingerprint density at radius 3 is 2.90 bits per heavy atom. The fourth-order valence-corrected chi connectivity index (χ4v) is 2.72. The van der Waals surface area contributed by atoms with E-state index in [0.29, 0.717) is 13.3 Å². The van der Waals surface area contributed by atoms with Crippen LogP contribution in [0.25, 0.3) is 0 Å². The van der Waals surface area contributed by atoms with E-state index in [1.807, 2.05) is 18.2 Å². The summed E-state index contributed by atoms with van der Waals surface area (Å²) in [5, 5.41) is 3.29. The fourth-order valence-electron chi connectivity index (χ4n) is 2.72. The Balaban J connectivity index is 1.87. The molecular formula is C16H25FN2O2. The zero-order chi connectivity index (χ0) is 14.9. The average Bonchev–Trinajstić information content (AvgIpc) is 2.97. The Labute approximate surface area is 126 Å². The SMILES string of the molecule is COCO[C@H]1CCN(CC(NCCF)c2ccccc2)C1. The summed E-state index contributed by atoms with van der Waals surface area (Å²) in [6, 6.07) is 10.4. The molecule has 118 valence electrons. The minimum absolute atomic E-state index is 0.156. The van der Waals surface area contributed by atoms with Crippen LogP contribution >= 0.6 is 0 Å². The molecule has 21 heavy (non-hydrogen) atoms. The number of nitrogens with one attached hydrogen (secondary N) is 1. The molecule has 1 aliphatic rings. The van der Waals surface area contributed by atoms with E-state index in [4.69, 9.17) is 9.47 Å². The number of hydrogen-bond donors (Lipinski definition) is 1. The van der Waals surface area contributed by atoms with Crippen molar-refractivity contribution >= 4 is 0 Å². The second-order valence-corrected chi connectivity index (χ2v) is 5.35. The van der Waals surface area contributed by atoms with E-state index in [9.17, 15) is 4.39 Å². The van der Waals surface area contributed by atoms with Crippen LogP contribution in [0, 0.1) is 0 Å². The molecule has 1 fully saturated rings. The van der Waals surface area contributed by atoms with Crippen molar-refractivity contribution in [2.75, 3.05) is 46.8 Å². The first-order valence-electron chi connectivity index (χ1n) is 7.50. The van der Waals surface area contributed by atoms with Crippen LogP contribution in [0.3, 0.4) is 0 Å². The minimum Gasteiger partial charge on any atom is -0.359 e. The number of nitrogens with zero attached hydrogens (tertiary/aromatic N) is 1. The second-order valence-electron chi connectivity index (χ2n) is 5.35. The highest BCUT2D eigenvalue weighted by Crippen LogP contribution is 2.19. The maximum atomic E-state index is 12.5. The van der Waals surface area contributed by atoms with Crippen LogP contribution in [0.4, 0.5) is 4.39 Å². The molecule has 0 radical (unpaired) electrons. The maximum Gasteiger partial charge on any atom is 0.146 e. The van der Waals surface area contributed by atoms with Gasteiger partial charge in [-0.05, 0) is 12.0 Å². The molecule has 5 heteroatoms. The molecule has 1 aliphatic heterocycles. The Morgan fingerprint density at radius 1 is 1.38 bits per heavy atom. The third kappa shape index (κ3) is 5.36. The highest BCUT2D eigenvalue weighted by atomic mass is 19.1. The van der Waals surface area contributed by atoms with Crippen LogP contribution in [0.2, 0.25) is 0 Å². The van der Waals surface area contributed by atoms with Crippen molar-refractivity contribution in [1.29, 1.82) is 0 Å². The Hall–Kier alpha value is -1.01. The second kappa shape index (κ2) is 9.10. The fraction of sp³-hybridized carbons (Fsp3) is 0.625. The van der Waals surface area contributed by atoms with E-state index in [1.54, 1.807) is 7.11 Å². The minimum atomic E-state index is -0.344. The maximum absolute atomic E-state index is 12.5. The first-order valence-corrected chi connectivity index (χ1v) is 7.50. The molecule has 1 saturated heterocycles. The molecule has 1 N–H and O–H groups in total. The molecule has 0 spiro atoms. The third-order valence-corrected chi connectivity index (χ3v) is 3.78. The number of rotatable bonds is 9. The summed E-state index contributed by atoms with van der Waals surface area (Å²) in [7, 11) is 1.64. The number of alkyl halides is 1. The molecule has 1 unspecified atom stereocenters. The van der Waals surface area contributed by atoms with E-state index >= 15 is 0 Å². The lowest BCUT2D eigenvalue weighted by Crippen LogP contribution is -2.35. The van der Waals surface area contributed by atoms with Crippen LogP contribution in [0.1, 0.15) is 18.0 Å². The molecule has 1 aromatic carbocycles. The number of halogens is 1. The summed E-state index contributed by atoms with van der Waals surface area (Å²) in [5.41, 5.74) is 1.20. The van der Waals surface area contributed by atoms with Crippen molar-refractivity contribution < 1.29 is 13.9 Å². The first-order chi connectivity index (χ1) is 10.3. The van der Waals surface area contributed by atoms with Gasteiger partial charge < -0.3 is 14.8 Å². The lowest BCUT2D eigenvalue weighted by molar-refractivity contribution is -0.0672. The Kier molecular flexibility index (Phi) is 7.09. The molecule has 0 aromatic heterocycles. The molecule has 4 nitrogen and oxygen atoms in total. The van der Waals surface area contributed by atoms with Crippen molar-refractivity contribution in [3.8, 4) is 0 Å². The predicted octanol–water partition coefficient (Wildman–Crippen LogP) is 1.98. The molecule has 0 saturated carbocycles. The van der Waals surface area contributed by atoms with Crippen LogP contribution in [0.5, 0.6) is 0 Å². The summed E-state index contributed by atoms with van der Waals surface area (Å²) in [6.07, 6.45) is 1.26. The van der Waals surface area contributed by atoms with Gasteiger partial charge in [-0.3, -0.25) is 4.90 Å². The summed E-state index contributed by atoms with van der Waals surface area (Å²) in [6.45, 7) is 3.18. The number of hydrogen-bond acceptors (Lipinski definition) is 4. The number of likely N-dealkylation sites (tertiary alicyclic amines) is 1. The highest BCUT2D eigenvalue weighted by Gasteiger charge is 2.25. The first kappa shape index (κ1) is 16.4. The lowest BCUT2D eigenvalue weighted by Gasteiger charge is -2.25. The van der Waals surface area contributed by atoms with Gasteiger partial charge in [0.1, 0.15) is 13.5 Å². The van der Waals surface area contributed by atoms with Crippen molar-refractivity contribution in [2.45, 2.75) is 18.6 Å². The van der Waals surface area contributed by atoms with Gasteiger partial charge in [-0.15, -0.1) is 0 Å². The summed E-state index contributed by atoms with van der Waals surface area (Å²) < 4.78 is 23.0. The van der Waals surface area contributed by atoms with Crippen molar-refractivity contribution in [2.24, 2.45) is 0 Å². The number of benzene rings is 1. The molecule has 0 amide bonds. The molecular weight excluding hydrogens is 271 g/mol. The van der Waals surface area contributed by atoms with Crippen molar-refractivity contribution in [3.05, 3.63) is 35.9 Å². The standard InChI is InChI=1S/C16H25FN2O2/c1-20-13-21-15-7-10-19(11-15)12-16(18-9-8-17)14-5-3-2-4-6-14/h2-6,15-16,18H,7-13H2,1H3/t15-,16?/m0/s1. The van der Waals surface area contributed by atoms with Gasteiger partial charge in [0.05, 0.1) is 6.10 Å². The van der Waals surface area contributed by atoms with Gasteiger partial charge in [0.2, 0.25) is 0 Å². The van der Waals surface area contributed by atoms with E-state index < -0.39 is 0 Å². The number of ether oxygens (including phenoxy) is 2. The van der Waals surface area contributed by atoms with Crippen LogP contribution in [-0.4, -0.2) is 57.8 Å². The van der Waals surface area contributed by atoms with Gasteiger partial charge in [0, 0.05) is 39.3 Å². The quantitative estimate of drug-likeness (QED) is 0.707. The van der Waals surface area contributed by atoms with E-state index in [2.05, 4.69) is 22.3 Å². The van der Waals surface area contributed by atoms with Gasteiger partial charge in [0.15, 0.2) is 0 Å². The van der Waals surface area contributed by atoms with Crippen molar-refractivity contribution in [3.63, 3.8) is 0 Å². The van der Waals surface area contributed by atoms with E-state index in [0.717, 1.165) is 26.1 Å². The van der Waals surface area contributed by atoms with Crippen LogP contribution in [-0.2, 0) is 9.47 Å². The summed E-state index contributed by atoms with van der Waals surface area (Å²) >= 11 is 0. The Bertz CT molecular complexity index is 391. The summed E-state index contributed by atoms with van der Waals surface area (Å²) in [4.78, 5) is 2.36. The normalized spacial score (nSPS) is 20.8. The molecule has 0 bridgehead atoms. The smallest absolute Gasteiger partial charge is 0.146 e. The summed E-state index contributed by atoms with van der Waals surface area (Å²) in [5.74, 6) is 0. The van der Waals surface area contributed by atoms with Gasteiger partial charge in [-0.25, -0.2) is 4.39 Å². The van der Waals surface area contributed by atoms with Gasteiger partial charge >= 0.3 is 0 Å². The molecule has 2 atom stereocenters. The lowest BCUT2D eigenvalue weighted by atomic mass is 10.1. The van der Waals surface area contributed by atoms with Gasteiger partial charge in [0.25, 0.3) is 0 Å². The highest BCUT2D eigenvalue weighted by molar-refractivity contribution is 5.19. The molecule has 0 aliphatic carbocycles. The van der Waals surface area contributed by atoms with Crippen molar-refractivity contribution in [1.82, 2.24) is 10.2 Å². The predicted molar refractivity (Wildman–Crippen MR) is 81.0 cm³/mol. The topological polar surface area (TPSA) is 33.7 Å².